The van der Waals surface area contributed by atoms with Crippen LogP contribution in [0, 0.1) is 0 Å². The van der Waals surface area contributed by atoms with Crippen molar-refractivity contribution in [1.82, 2.24) is 0 Å². The molecule has 0 spiro atoms. The third-order valence-electron chi connectivity index (χ3n) is 0.122. The fourth-order valence-electron chi connectivity index (χ4n) is 0. The van der Waals surface area contributed by atoms with E-state index in [0.717, 1.165) is 0 Å². The van der Waals surface area contributed by atoms with Gasteiger partial charge in [0.2, 0.25) is 5.66 Å². The molecule has 0 aliphatic carbocycles. The monoisotopic (exact) mass is 110 g/mol. The summed E-state index contributed by atoms with van der Waals surface area (Å²) in [5.41, 5.74) is 0.632. The van der Waals surface area contributed by atoms with Crippen LogP contribution in [0.1, 0.15) is 0 Å². The first-order chi connectivity index (χ1) is 2.56. The van der Waals surface area contributed by atoms with Crippen molar-refractivity contribution < 1.29 is 19.5 Å². The van der Waals surface area contributed by atoms with Crippen LogP contribution in [0.15, 0.2) is 0 Å². The summed E-state index contributed by atoms with van der Waals surface area (Å²) in [5.74, 6) is 0. The van der Waals surface area contributed by atoms with Gasteiger partial charge < -0.3 is 14.7 Å². The highest BCUT2D eigenvalue weighted by molar-refractivity contribution is 7.57. The van der Waals surface area contributed by atoms with Gasteiger partial charge in [0.25, 0.3) is 0 Å². The Bertz CT molecular complexity index is 96.5. The minimum absolute atomic E-state index is 0.632. The smallest absolute Gasteiger partial charge is 0.325 e. The van der Waals surface area contributed by atoms with Gasteiger partial charge in [-0.3, -0.25) is 0 Å². The van der Waals surface area contributed by atoms with Crippen molar-refractivity contribution in [2.24, 2.45) is 0 Å². The van der Waals surface area contributed by atoms with Crippen LogP contribution >= 0.6 is 7.57 Å². The molecule has 6 heavy (non-hydrogen) atoms. The molecule has 0 bridgehead atoms. The Kier molecular flexibility index (Phi) is 1.53. The Morgan fingerprint density at radius 1 is 1.33 bits per heavy atom. The van der Waals surface area contributed by atoms with E-state index in [9.17, 15) is 0 Å². The van der Waals surface area contributed by atoms with Gasteiger partial charge in [0.05, 0.1) is 0 Å². The molecule has 3 N–H and O–H groups in total. The van der Waals surface area contributed by atoms with Crippen LogP contribution in [-0.2, 0) is 4.79 Å². The van der Waals surface area contributed by atoms with Gasteiger partial charge in [-0.15, -0.1) is 0 Å². The number of hydrogen-bond donors (Lipinski definition) is 3. The average Bonchev–Trinajstić information content (AvgIpc) is 1.35. The summed E-state index contributed by atoms with van der Waals surface area (Å²) < 4.78 is 0. The number of hydrogen-bond acceptors (Lipinski definition) is 4. The molecule has 0 fully saturated rings. The highest BCUT2D eigenvalue weighted by atomic mass is 31.2. The van der Waals surface area contributed by atoms with Crippen LogP contribution in [0.25, 0.3) is 0 Å². The van der Waals surface area contributed by atoms with Crippen LogP contribution in [-0.4, -0.2) is 20.3 Å². The average molecular weight is 110 g/mol. The van der Waals surface area contributed by atoms with Gasteiger partial charge in [-0.2, -0.15) is 0 Å². The maximum absolute atomic E-state index is 9.00. The molecule has 5 heteroatoms. The molecule has 0 aliphatic rings. The molecule has 0 saturated carbocycles. The number of carbonyl (C=O) groups excluding carboxylic acids is 1. The van der Waals surface area contributed by atoms with Crippen LogP contribution < -0.4 is 0 Å². The summed E-state index contributed by atoms with van der Waals surface area (Å²) >= 11 is 0. The zero-order valence-electron chi connectivity index (χ0n) is 2.70. The van der Waals surface area contributed by atoms with Crippen molar-refractivity contribution in [3.8, 4) is 0 Å². The fraction of sp³-hybridized carbons (Fsp3) is 0. The number of rotatable bonds is 0. The van der Waals surface area contributed by atoms with Crippen molar-refractivity contribution >= 4 is 13.2 Å². The lowest BCUT2D eigenvalue weighted by Gasteiger charge is -1.88. The second-order valence-corrected chi connectivity index (χ2v) is 1.98. The van der Waals surface area contributed by atoms with E-state index in [2.05, 4.69) is 0 Å². The zero-order chi connectivity index (χ0) is 5.21. The second-order valence-electron chi connectivity index (χ2n) is 0.660. The van der Waals surface area contributed by atoms with Gasteiger partial charge >= 0.3 is 7.57 Å². The van der Waals surface area contributed by atoms with Crippen molar-refractivity contribution in [3.05, 3.63) is 0 Å². The van der Waals surface area contributed by atoms with Gasteiger partial charge in [-0.25, -0.2) is 4.79 Å². The predicted octanol–water partition coefficient (Wildman–Crippen LogP) is -1.21. The van der Waals surface area contributed by atoms with E-state index >= 15 is 0 Å². The van der Waals surface area contributed by atoms with Crippen molar-refractivity contribution in [2.45, 2.75) is 0 Å². The second kappa shape index (κ2) is 1.56. The van der Waals surface area contributed by atoms with E-state index in [4.69, 9.17) is 19.5 Å². The standard InChI is InChI=1S/CH3O4P/c2-1-6(3,4)5/h3-5H. The van der Waals surface area contributed by atoms with Crippen LogP contribution in [0.4, 0.5) is 0 Å². The van der Waals surface area contributed by atoms with E-state index in [1.807, 2.05) is 0 Å². The summed E-state index contributed by atoms with van der Waals surface area (Å²) in [7, 11) is -4.20. The van der Waals surface area contributed by atoms with Gasteiger partial charge in [-0.05, 0) is 0 Å². The molecule has 0 aromatic rings. The molecule has 0 aromatic heterocycles. The Labute approximate surface area is 33.9 Å². The molecule has 0 radical (unpaired) electrons. The molecule has 0 rings (SSSR count). The van der Waals surface area contributed by atoms with Crippen LogP contribution in [0.2, 0.25) is 0 Å². The highest BCUT2D eigenvalue weighted by Gasteiger charge is 1.97. The van der Waals surface area contributed by atoms with Gasteiger partial charge in [0, 0.05) is 0 Å². The van der Waals surface area contributed by atoms with Crippen molar-refractivity contribution in [3.63, 3.8) is 0 Å². The lowest BCUT2D eigenvalue weighted by Crippen LogP contribution is -1.70. The predicted molar refractivity (Wildman–Crippen MR) is 19.3 cm³/mol. The Morgan fingerprint density at radius 2 is 1.50 bits per heavy atom. The zero-order valence-corrected chi connectivity index (χ0v) is 3.59. The third kappa shape index (κ3) is 3.89. The SMILES string of the molecule is O=C=P(O)(O)O. The third-order valence-corrected chi connectivity index (χ3v) is 0.367. The first-order valence-corrected chi connectivity index (χ1v) is 2.67. The summed E-state index contributed by atoms with van der Waals surface area (Å²) in [6.45, 7) is 0. The highest BCUT2D eigenvalue weighted by Crippen LogP contribution is 2.26. The fourth-order valence-corrected chi connectivity index (χ4v) is 0. The molecule has 0 amide bonds. The molecule has 36 valence electrons. The maximum Gasteiger partial charge on any atom is 0.337 e. The molecule has 0 saturated heterocycles. The lowest BCUT2D eigenvalue weighted by molar-refractivity contribution is 0.357. The Balaban J connectivity index is 4.21. The van der Waals surface area contributed by atoms with Gasteiger partial charge in [0.1, 0.15) is 0 Å². The topological polar surface area (TPSA) is 77.8 Å². The van der Waals surface area contributed by atoms with E-state index in [1.54, 1.807) is 0 Å². The molecule has 4 nitrogen and oxygen atoms in total. The minimum atomic E-state index is -4.20. The van der Waals surface area contributed by atoms with Gasteiger partial charge in [-0.1, -0.05) is 0 Å². The van der Waals surface area contributed by atoms with E-state index < -0.39 is 7.57 Å². The molecular weight excluding hydrogens is 107 g/mol. The summed E-state index contributed by atoms with van der Waals surface area (Å²) in [6.07, 6.45) is 0. The van der Waals surface area contributed by atoms with Crippen LogP contribution in [0.5, 0.6) is 0 Å². The Hall–Kier alpha value is -0.110. The van der Waals surface area contributed by atoms with E-state index in [1.165, 1.54) is 0 Å². The quantitative estimate of drug-likeness (QED) is 0.342. The van der Waals surface area contributed by atoms with E-state index in [-0.39, 0.29) is 0 Å². The largest absolute Gasteiger partial charge is 0.337 e. The molecular formula is CH3O4P. The van der Waals surface area contributed by atoms with Crippen molar-refractivity contribution in [2.75, 3.05) is 0 Å². The minimum Gasteiger partial charge on any atom is -0.325 e. The normalized spacial score (nSPS) is 10.5. The van der Waals surface area contributed by atoms with Gasteiger partial charge in [0.15, 0.2) is 0 Å². The molecule has 0 unspecified atom stereocenters. The van der Waals surface area contributed by atoms with E-state index in [0.29, 0.717) is 5.66 Å². The molecule has 0 atom stereocenters. The summed E-state index contributed by atoms with van der Waals surface area (Å²) in [4.78, 5) is 31.9. The Morgan fingerprint density at radius 3 is 1.50 bits per heavy atom. The first kappa shape index (κ1) is 5.89. The summed E-state index contributed by atoms with van der Waals surface area (Å²) in [6, 6.07) is 0. The summed E-state index contributed by atoms with van der Waals surface area (Å²) in [5, 5.41) is 0. The van der Waals surface area contributed by atoms with Crippen molar-refractivity contribution in [1.29, 1.82) is 0 Å². The lowest BCUT2D eigenvalue weighted by atomic mass is 11.9. The first-order valence-electron chi connectivity index (χ1n) is 1.03. The maximum atomic E-state index is 9.00. The van der Waals surface area contributed by atoms with Crippen LogP contribution in [0.3, 0.4) is 0 Å². The molecule has 0 aromatic carbocycles. The molecule has 0 aliphatic heterocycles. The molecule has 0 heterocycles.